The molecule has 216 valence electrons. The first-order valence-corrected chi connectivity index (χ1v) is 15.4. The second kappa shape index (κ2) is 12.1. The molecule has 5 aromatic carbocycles. The Morgan fingerprint density at radius 2 is 1.07 bits per heavy atom. The van der Waals surface area contributed by atoms with E-state index < -0.39 is 0 Å². The Morgan fingerprint density at radius 3 is 1.76 bits per heavy atom. The molecule has 2 aromatic heterocycles. The first-order valence-electron chi connectivity index (χ1n) is 15.4. The lowest BCUT2D eigenvalue weighted by atomic mass is 9.93. The van der Waals surface area contributed by atoms with E-state index in [0.29, 0.717) is 5.82 Å². The summed E-state index contributed by atoms with van der Waals surface area (Å²) in [5.41, 5.74) is 14.2. The molecule has 0 aliphatic heterocycles. The third-order valence-corrected chi connectivity index (χ3v) is 8.31. The van der Waals surface area contributed by atoms with Crippen molar-refractivity contribution in [1.82, 2.24) is 15.0 Å². The van der Waals surface area contributed by atoms with E-state index in [1.807, 2.05) is 48.7 Å². The monoisotopic (exact) mass is 587 g/mol. The Bertz CT molecular complexity index is 2160. The number of hydrogen-bond acceptors (Lipinski definition) is 3. The summed E-state index contributed by atoms with van der Waals surface area (Å²) in [4.78, 5) is 14.4. The average molecular weight is 588 g/mol. The van der Waals surface area contributed by atoms with Gasteiger partial charge in [-0.2, -0.15) is 0 Å². The molecule has 0 bridgehead atoms. The van der Waals surface area contributed by atoms with Crippen LogP contribution in [0.15, 0.2) is 164 Å². The maximum absolute atomic E-state index is 5.14. The van der Waals surface area contributed by atoms with Crippen LogP contribution in [-0.4, -0.2) is 15.0 Å². The van der Waals surface area contributed by atoms with Crippen LogP contribution in [0.2, 0.25) is 0 Å². The molecular weight excluding hydrogens is 558 g/mol. The van der Waals surface area contributed by atoms with Crippen molar-refractivity contribution in [2.24, 2.45) is 0 Å². The van der Waals surface area contributed by atoms with Gasteiger partial charge in [0.2, 0.25) is 0 Å². The van der Waals surface area contributed by atoms with Crippen molar-refractivity contribution < 1.29 is 0 Å². The van der Waals surface area contributed by atoms with Crippen LogP contribution in [0.3, 0.4) is 0 Å². The van der Waals surface area contributed by atoms with Gasteiger partial charge in [0, 0.05) is 29.1 Å². The summed E-state index contributed by atoms with van der Waals surface area (Å²) in [5.74, 6) is 0.708. The lowest BCUT2D eigenvalue weighted by Gasteiger charge is -2.14. The predicted octanol–water partition coefficient (Wildman–Crippen LogP) is 10.8. The Labute approximate surface area is 269 Å². The van der Waals surface area contributed by atoms with Crippen LogP contribution in [0.1, 0.15) is 16.7 Å². The van der Waals surface area contributed by atoms with E-state index in [-0.39, 0.29) is 0 Å². The van der Waals surface area contributed by atoms with E-state index in [1.165, 1.54) is 16.7 Å². The molecule has 0 saturated heterocycles. The number of pyridine rings is 1. The molecule has 0 saturated carbocycles. The van der Waals surface area contributed by atoms with Crippen molar-refractivity contribution in [3.05, 3.63) is 181 Å². The fraction of sp³-hybridized carbons (Fsp3) is 0. The van der Waals surface area contributed by atoms with Gasteiger partial charge in [0.05, 0.1) is 11.4 Å². The topological polar surface area (TPSA) is 38.7 Å². The summed E-state index contributed by atoms with van der Waals surface area (Å²) in [6.45, 7) is 0. The summed E-state index contributed by atoms with van der Waals surface area (Å²) in [5, 5.41) is 0. The van der Waals surface area contributed by atoms with Crippen LogP contribution in [0.5, 0.6) is 0 Å². The zero-order valence-corrected chi connectivity index (χ0v) is 25.1. The minimum absolute atomic E-state index is 0.708. The predicted molar refractivity (Wildman–Crippen MR) is 190 cm³/mol. The van der Waals surface area contributed by atoms with Crippen LogP contribution in [-0.2, 0) is 0 Å². The molecule has 7 aromatic rings. The highest BCUT2D eigenvalue weighted by Gasteiger charge is 2.16. The van der Waals surface area contributed by atoms with Gasteiger partial charge in [-0.3, -0.25) is 4.98 Å². The molecule has 1 aliphatic rings. The van der Waals surface area contributed by atoms with Gasteiger partial charge in [-0.25, -0.2) is 9.97 Å². The Hall–Kier alpha value is -6.19. The molecule has 0 unspecified atom stereocenters. The second-order valence-electron chi connectivity index (χ2n) is 11.4. The highest BCUT2D eigenvalue weighted by molar-refractivity contribution is 5.98. The van der Waals surface area contributed by atoms with Gasteiger partial charge in [-0.15, -0.1) is 0 Å². The van der Waals surface area contributed by atoms with Gasteiger partial charge < -0.3 is 0 Å². The SMILES string of the molecule is C1=Cc2cc(-c3cc(-c4ccccc4)cc(-c4cc(-c5ccccc5)nc(-c5ccccc5)n4)c3)ccc2/C1=C/c1cccnc1. The lowest BCUT2D eigenvalue weighted by Crippen LogP contribution is -1.96. The molecular formula is C43H29N3. The quantitative estimate of drug-likeness (QED) is 0.194. The summed E-state index contributed by atoms with van der Waals surface area (Å²) < 4.78 is 0. The zero-order chi connectivity index (χ0) is 30.7. The Balaban J connectivity index is 1.27. The minimum Gasteiger partial charge on any atom is -0.264 e. The molecule has 8 rings (SSSR count). The van der Waals surface area contributed by atoms with Gasteiger partial charge in [-0.05, 0) is 87.0 Å². The van der Waals surface area contributed by atoms with Crippen LogP contribution in [0, 0.1) is 0 Å². The smallest absolute Gasteiger partial charge is 0.160 e. The number of hydrogen-bond donors (Lipinski definition) is 0. The van der Waals surface area contributed by atoms with Crippen molar-refractivity contribution in [1.29, 1.82) is 0 Å². The fourth-order valence-corrected chi connectivity index (χ4v) is 5.99. The van der Waals surface area contributed by atoms with Crippen molar-refractivity contribution in [3.8, 4) is 56.2 Å². The molecule has 0 radical (unpaired) electrons. The summed E-state index contributed by atoms with van der Waals surface area (Å²) in [6, 6.07) is 50.8. The molecule has 0 atom stereocenters. The summed E-state index contributed by atoms with van der Waals surface area (Å²) in [6.07, 6.45) is 10.3. The number of rotatable bonds is 6. The molecule has 0 spiro atoms. The van der Waals surface area contributed by atoms with E-state index >= 15 is 0 Å². The normalized spacial score (nSPS) is 12.7. The lowest BCUT2D eigenvalue weighted by molar-refractivity contribution is 1.18. The molecule has 1 aliphatic carbocycles. The van der Waals surface area contributed by atoms with Crippen molar-refractivity contribution in [2.75, 3.05) is 0 Å². The number of aromatic nitrogens is 3. The molecule has 0 fully saturated rings. The minimum atomic E-state index is 0.708. The third-order valence-electron chi connectivity index (χ3n) is 8.31. The molecule has 3 heteroatoms. The maximum atomic E-state index is 5.14. The van der Waals surface area contributed by atoms with Gasteiger partial charge in [-0.1, -0.05) is 121 Å². The number of nitrogens with zero attached hydrogens (tertiary/aromatic N) is 3. The molecule has 0 amide bonds. The maximum Gasteiger partial charge on any atom is 0.160 e. The first-order chi connectivity index (χ1) is 22.8. The average Bonchev–Trinajstić information content (AvgIpc) is 3.54. The number of allylic oxidation sites excluding steroid dienone is 2. The standard InChI is InChI=1S/C43H29N3/c1-4-12-31(13-5-1)37-25-38(34-20-21-40-35(18-19-36(40)24-34)23-30-11-10-22-44-29-30)27-39(26-37)42-28-41(32-14-6-2-7-15-32)45-43(46-42)33-16-8-3-9-17-33/h1-29H/b35-23+. The van der Waals surface area contributed by atoms with E-state index in [2.05, 4.69) is 126 Å². The van der Waals surface area contributed by atoms with Crippen LogP contribution >= 0.6 is 0 Å². The number of benzene rings is 5. The van der Waals surface area contributed by atoms with E-state index in [4.69, 9.17) is 9.97 Å². The summed E-state index contributed by atoms with van der Waals surface area (Å²) in [7, 11) is 0. The van der Waals surface area contributed by atoms with Crippen molar-refractivity contribution >= 4 is 17.7 Å². The van der Waals surface area contributed by atoms with Gasteiger partial charge in [0.25, 0.3) is 0 Å². The fourth-order valence-electron chi connectivity index (χ4n) is 5.99. The molecule has 2 heterocycles. The Morgan fingerprint density at radius 1 is 0.435 bits per heavy atom. The molecule has 0 N–H and O–H groups in total. The van der Waals surface area contributed by atoms with Gasteiger partial charge in [0.1, 0.15) is 0 Å². The van der Waals surface area contributed by atoms with Crippen molar-refractivity contribution in [2.45, 2.75) is 0 Å². The molecule has 3 nitrogen and oxygen atoms in total. The largest absolute Gasteiger partial charge is 0.264 e. The molecule has 46 heavy (non-hydrogen) atoms. The van der Waals surface area contributed by atoms with Crippen LogP contribution in [0.25, 0.3) is 73.9 Å². The van der Waals surface area contributed by atoms with E-state index in [9.17, 15) is 0 Å². The first kappa shape index (κ1) is 27.4. The Kier molecular flexibility index (Phi) is 7.18. The third kappa shape index (κ3) is 5.58. The van der Waals surface area contributed by atoms with E-state index in [0.717, 1.165) is 55.9 Å². The van der Waals surface area contributed by atoms with Crippen LogP contribution in [0.4, 0.5) is 0 Å². The van der Waals surface area contributed by atoms with Gasteiger partial charge >= 0.3 is 0 Å². The second-order valence-corrected chi connectivity index (χ2v) is 11.4. The van der Waals surface area contributed by atoms with Crippen LogP contribution < -0.4 is 0 Å². The highest BCUT2D eigenvalue weighted by Crippen LogP contribution is 2.38. The van der Waals surface area contributed by atoms with E-state index in [1.54, 1.807) is 6.20 Å². The van der Waals surface area contributed by atoms with Crippen molar-refractivity contribution in [3.63, 3.8) is 0 Å². The van der Waals surface area contributed by atoms with Gasteiger partial charge in [0.15, 0.2) is 5.82 Å². The highest BCUT2D eigenvalue weighted by atomic mass is 14.9. The zero-order valence-electron chi connectivity index (χ0n) is 25.1. The number of fused-ring (bicyclic) bond motifs is 1. The summed E-state index contributed by atoms with van der Waals surface area (Å²) >= 11 is 0.